The standard InChI is InChI=1S/C31H38O5/c1-22-28(20-32)18-27(19-29(22)21-33)31(35)26(10-6-9-23-7-4-3-5-8-23)17-25-13-11-24(12-14-25)15-16-30(34)36-2/h3-5,7-8,11-14,18-19,26,31-33,35H,6,9-10,15-17,20-21H2,1-2H3/t26-,31-/m0/s1. The highest BCUT2D eigenvalue weighted by Gasteiger charge is 2.23. The number of benzene rings is 3. The summed E-state index contributed by atoms with van der Waals surface area (Å²) in [7, 11) is 1.40. The summed E-state index contributed by atoms with van der Waals surface area (Å²) in [6.45, 7) is 1.61. The van der Waals surface area contributed by atoms with Gasteiger partial charge in [0.2, 0.25) is 0 Å². The summed E-state index contributed by atoms with van der Waals surface area (Å²) in [5, 5.41) is 31.1. The molecule has 3 rings (SSSR count). The first-order valence-corrected chi connectivity index (χ1v) is 12.7. The van der Waals surface area contributed by atoms with E-state index in [-0.39, 0.29) is 25.1 Å². The number of carbonyl (C=O) groups excluding carboxylic acids is 1. The molecule has 5 nitrogen and oxygen atoms in total. The van der Waals surface area contributed by atoms with Crippen LogP contribution in [-0.2, 0) is 42.0 Å². The number of hydrogen-bond acceptors (Lipinski definition) is 5. The Kier molecular flexibility index (Phi) is 10.7. The van der Waals surface area contributed by atoms with Gasteiger partial charge in [0.1, 0.15) is 0 Å². The van der Waals surface area contributed by atoms with Crippen molar-refractivity contribution in [3.63, 3.8) is 0 Å². The summed E-state index contributed by atoms with van der Waals surface area (Å²) in [5.41, 5.74) is 6.53. The van der Waals surface area contributed by atoms with E-state index in [0.717, 1.165) is 52.6 Å². The van der Waals surface area contributed by atoms with Crippen molar-refractivity contribution in [1.29, 1.82) is 0 Å². The van der Waals surface area contributed by atoms with Gasteiger partial charge in [-0.05, 0) is 83.9 Å². The predicted octanol–water partition coefficient (Wildman–Crippen LogP) is 5.00. The highest BCUT2D eigenvalue weighted by Crippen LogP contribution is 2.32. The third-order valence-corrected chi connectivity index (χ3v) is 7.02. The second-order valence-corrected chi connectivity index (χ2v) is 9.46. The number of hydrogen-bond donors (Lipinski definition) is 3. The van der Waals surface area contributed by atoms with Crippen molar-refractivity contribution in [2.45, 2.75) is 64.8 Å². The molecule has 0 amide bonds. The molecule has 0 saturated carbocycles. The fraction of sp³-hybridized carbons (Fsp3) is 0.387. The lowest BCUT2D eigenvalue weighted by atomic mass is 9.84. The van der Waals surface area contributed by atoms with E-state index < -0.39 is 6.10 Å². The van der Waals surface area contributed by atoms with Gasteiger partial charge in [-0.3, -0.25) is 4.79 Å². The van der Waals surface area contributed by atoms with E-state index in [1.165, 1.54) is 12.7 Å². The van der Waals surface area contributed by atoms with Gasteiger partial charge in [-0.15, -0.1) is 0 Å². The zero-order chi connectivity index (χ0) is 25.9. The monoisotopic (exact) mass is 490 g/mol. The average Bonchev–Trinajstić information content (AvgIpc) is 2.92. The van der Waals surface area contributed by atoms with Crippen molar-refractivity contribution in [2.24, 2.45) is 5.92 Å². The van der Waals surface area contributed by atoms with Crippen LogP contribution in [0.5, 0.6) is 0 Å². The second kappa shape index (κ2) is 13.9. The fourth-order valence-electron chi connectivity index (χ4n) is 4.72. The van der Waals surface area contributed by atoms with Gasteiger partial charge in [-0.2, -0.15) is 0 Å². The molecule has 2 atom stereocenters. The van der Waals surface area contributed by atoms with Crippen LogP contribution in [0.15, 0.2) is 66.7 Å². The second-order valence-electron chi connectivity index (χ2n) is 9.46. The molecule has 0 spiro atoms. The number of ether oxygens (including phenoxy) is 1. The topological polar surface area (TPSA) is 87.0 Å². The van der Waals surface area contributed by atoms with Gasteiger partial charge in [-0.1, -0.05) is 66.7 Å². The summed E-state index contributed by atoms with van der Waals surface area (Å²) in [5.74, 6) is -0.251. The molecule has 36 heavy (non-hydrogen) atoms. The molecule has 0 bridgehead atoms. The van der Waals surface area contributed by atoms with E-state index in [1.807, 2.05) is 49.4 Å². The van der Waals surface area contributed by atoms with Gasteiger partial charge < -0.3 is 20.1 Å². The number of aliphatic hydroxyl groups excluding tert-OH is 3. The Bertz CT molecular complexity index is 1070. The molecular weight excluding hydrogens is 452 g/mol. The molecule has 0 unspecified atom stereocenters. The molecule has 192 valence electrons. The molecule has 0 aliphatic heterocycles. The molecule has 3 aromatic rings. The average molecular weight is 491 g/mol. The molecule has 3 N–H and O–H groups in total. The Morgan fingerprint density at radius 3 is 2.03 bits per heavy atom. The van der Waals surface area contributed by atoms with Crippen molar-refractivity contribution in [3.05, 3.63) is 106 Å². The van der Waals surface area contributed by atoms with Crippen molar-refractivity contribution in [1.82, 2.24) is 0 Å². The maximum Gasteiger partial charge on any atom is 0.305 e. The first-order chi connectivity index (χ1) is 17.4. The number of carbonyl (C=O) groups is 1. The van der Waals surface area contributed by atoms with Crippen LogP contribution in [0.3, 0.4) is 0 Å². The number of methoxy groups -OCH3 is 1. The molecular formula is C31H38O5. The van der Waals surface area contributed by atoms with Crippen LogP contribution in [0.25, 0.3) is 0 Å². The van der Waals surface area contributed by atoms with E-state index >= 15 is 0 Å². The normalized spacial score (nSPS) is 12.8. The summed E-state index contributed by atoms with van der Waals surface area (Å²) in [6, 6.07) is 22.3. The molecule has 0 aromatic heterocycles. The van der Waals surface area contributed by atoms with E-state index in [4.69, 9.17) is 4.74 Å². The minimum atomic E-state index is -0.726. The summed E-state index contributed by atoms with van der Waals surface area (Å²) >= 11 is 0. The predicted molar refractivity (Wildman–Crippen MR) is 141 cm³/mol. The smallest absolute Gasteiger partial charge is 0.305 e. The van der Waals surface area contributed by atoms with Gasteiger partial charge >= 0.3 is 5.97 Å². The van der Waals surface area contributed by atoms with Crippen LogP contribution < -0.4 is 0 Å². The van der Waals surface area contributed by atoms with Gasteiger partial charge in [-0.25, -0.2) is 0 Å². The van der Waals surface area contributed by atoms with Crippen LogP contribution >= 0.6 is 0 Å². The minimum Gasteiger partial charge on any atom is -0.469 e. The lowest BCUT2D eigenvalue weighted by Gasteiger charge is -2.25. The summed E-state index contributed by atoms with van der Waals surface area (Å²) in [6.07, 6.45) is 3.66. The molecule has 3 aromatic carbocycles. The summed E-state index contributed by atoms with van der Waals surface area (Å²) in [4.78, 5) is 11.4. The quantitative estimate of drug-likeness (QED) is 0.294. The molecule has 0 aliphatic rings. The highest BCUT2D eigenvalue weighted by molar-refractivity contribution is 5.69. The maximum absolute atomic E-state index is 11.5. The number of aryl methyl sites for hydroxylation is 2. The van der Waals surface area contributed by atoms with Crippen molar-refractivity contribution in [3.8, 4) is 0 Å². The molecule has 0 aliphatic carbocycles. The number of aliphatic hydroxyl groups is 3. The number of rotatable bonds is 13. The molecule has 5 heteroatoms. The lowest BCUT2D eigenvalue weighted by molar-refractivity contribution is -0.140. The third kappa shape index (κ3) is 7.76. The molecule has 0 radical (unpaired) electrons. The van der Waals surface area contributed by atoms with E-state index in [2.05, 4.69) is 24.3 Å². The Morgan fingerprint density at radius 1 is 0.861 bits per heavy atom. The van der Waals surface area contributed by atoms with Crippen LogP contribution in [0.4, 0.5) is 0 Å². The zero-order valence-corrected chi connectivity index (χ0v) is 21.3. The van der Waals surface area contributed by atoms with Crippen molar-refractivity contribution >= 4 is 5.97 Å². The van der Waals surface area contributed by atoms with Gasteiger partial charge in [0.25, 0.3) is 0 Å². The first kappa shape index (κ1) is 27.6. The Hall–Kier alpha value is -2.99. The van der Waals surface area contributed by atoms with Crippen LogP contribution in [-0.4, -0.2) is 28.4 Å². The number of esters is 1. The highest BCUT2D eigenvalue weighted by atomic mass is 16.5. The van der Waals surface area contributed by atoms with Crippen molar-refractivity contribution in [2.75, 3.05) is 7.11 Å². The Morgan fingerprint density at radius 2 is 1.44 bits per heavy atom. The van der Waals surface area contributed by atoms with Crippen molar-refractivity contribution < 1.29 is 24.9 Å². The van der Waals surface area contributed by atoms with Gasteiger partial charge in [0, 0.05) is 6.42 Å². The Labute approximate surface area is 214 Å². The van der Waals surface area contributed by atoms with Crippen LogP contribution in [0.2, 0.25) is 0 Å². The molecule has 0 saturated heterocycles. The van der Waals surface area contributed by atoms with E-state index in [9.17, 15) is 20.1 Å². The van der Waals surface area contributed by atoms with Gasteiger partial charge in [0.15, 0.2) is 0 Å². The SMILES string of the molecule is COC(=O)CCc1ccc(C[C@H](CCCc2ccccc2)[C@H](O)c2cc(CO)c(C)c(CO)c2)cc1. The summed E-state index contributed by atoms with van der Waals surface area (Å²) < 4.78 is 4.73. The fourth-order valence-corrected chi connectivity index (χ4v) is 4.72. The van der Waals surface area contributed by atoms with E-state index in [1.54, 1.807) is 0 Å². The van der Waals surface area contributed by atoms with Crippen LogP contribution in [0, 0.1) is 12.8 Å². The van der Waals surface area contributed by atoms with Crippen LogP contribution in [0.1, 0.15) is 64.3 Å². The molecule has 0 fully saturated rings. The minimum absolute atomic E-state index is 0.0320. The maximum atomic E-state index is 11.5. The van der Waals surface area contributed by atoms with E-state index in [0.29, 0.717) is 19.3 Å². The third-order valence-electron chi connectivity index (χ3n) is 7.02. The Balaban J connectivity index is 1.78. The van der Waals surface area contributed by atoms with Gasteiger partial charge in [0.05, 0.1) is 26.4 Å². The zero-order valence-electron chi connectivity index (χ0n) is 21.3. The molecule has 0 heterocycles. The lowest BCUT2D eigenvalue weighted by Crippen LogP contribution is -2.17. The first-order valence-electron chi connectivity index (χ1n) is 12.7. The largest absolute Gasteiger partial charge is 0.469 e.